The molecule has 0 bridgehead atoms. The topological polar surface area (TPSA) is 84.2 Å². The van der Waals surface area contributed by atoms with Crippen molar-refractivity contribution in [3.8, 4) is 5.75 Å². The number of nitrogens with one attached hydrogen (secondary N) is 1. The van der Waals surface area contributed by atoms with Crippen LogP contribution in [0.3, 0.4) is 0 Å². The predicted molar refractivity (Wildman–Crippen MR) is 74.4 cm³/mol. The Morgan fingerprint density at radius 3 is 3.05 bits per heavy atom. The molecule has 20 heavy (non-hydrogen) atoms. The molecule has 0 spiro atoms. The summed E-state index contributed by atoms with van der Waals surface area (Å²) in [6, 6.07) is 7.24. The lowest BCUT2D eigenvalue weighted by molar-refractivity contribution is 0.0729. The lowest BCUT2D eigenvalue weighted by Crippen LogP contribution is -2.36. The zero-order valence-corrected chi connectivity index (χ0v) is 11.2. The van der Waals surface area contributed by atoms with Gasteiger partial charge in [0.1, 0.15) is 11.6 Å². The molecule has 2 aromatic rings. The van der Waals surface area contributed by atoms with E-state index in [0.717, 1.165) is 17.7 Å². The van der Waals surface area contributed by atoms with Crippen LogP contribution in [0.4, 0.5) is 5.82 Å². The zero-order valence-electron chi connectivity index (χ0n) is 11.2. The van der Waals surface area contributed by atoms with E-state index in [-0.39, 0.29) is 5.91 Å². The number of hydrogen-bond acceptors (Lipinski definition) is 4. The Morgan fingerprint density at radius 2 is 2.25 bits per heavy atom. The van der Waals surface area contributed by atoms with Crippen molar-refractivity contribution in [2.24, 2.45) is 0 Å². The number of nitrogens with zero attached hydrogens (tertiary/aromatic N) is 2. The van der Waals surface area contributed by atoms with Gasteiger partial charge in [-0.05, 0) is 18.6 Å². The van der Waals surface area contributed by atoms with Crippen LogP contribution in [0.15, 0.2) is 24.3 Å². The lowest BCUT2D eigenvalue weighted by atomic mass is 10.1. The lowest BCUT2D eigenvalue weighted by Gasteiger charge is -2.27. The van der Waals surface area contributed by atoms with Crippen LogP contribution in [0.2, 0.25) is 0 Å². The molecule has 2 heterocycles. The normalized spacial score (nSPS) is 13.9. The van der Waals surface area contributed by atoms with Crippen molar-refractivity contribution in [3.63, 3.8) is 0 Å². The number of carbonyl (C=O) groups is 1. The van der Waals surface area contributed by atoms with E-state index in [1.54, 1.807) is 24.1 Å². The molecule has 6 heteroatoms. The van der Waals surface area contributed by atoms with Crippen LogP contribution >= 0.6 is 0 Å². The van der Waals surface area contributed by atoms with Crippen LogP contribution < -0.4 is 10.5 Å². The number of amides is 1. The Labute approximate surface area is 116 Å². The number of aromatic nitrogens is 2. The van der Waals surface area contributed by atoms with Gasteiger partial charge in [0.05, 0.1) is 24.9 Å². The Hall–Kier alpha value is -2.50. The number of nitrogens with two attached hydrogens (primary N) is 1. The highest BCUT2D eigenvalue weighted by atomic mass is 16.5. The van der Waals surface area contributed by atoms with Gasteiger partial charge in [-0.1, -0.05) is 12.1 Å². The number of H-pyrrole nitrogens is 1. The third-order valence-electron chi connectivity index (χ3n) is 3.59. The molecule has 6 nitrogen and oxygen atoms in total. The van der Waals surface area contributed by atoms with Gasteiger partial charge in [-0.2, -0.15) is 5.10 Å². The van der Waals surface area contributed by atoms with Crippen molar-refractivity contribution < 1.29 is 9.53 Å². The van der Waals surface area contributed by atoms with Crippen molar-refractivity contribution in [3.05, 3.63) is 41.1 Å². The molecule has 0 fully saturated rings. The average molecular weight is 272 g/mol. The van der Waals surface area contributed by atoms with Crippen molar-refractivity contribution in [1.82, 2.24) is 15.1 Å². The number of carbonyl (C=O) groups excluding carboxylic acids is 1. The number of anilines is 1. The molecule has 1 aromatic carbocycles. The summed E-state index contributed by atoms with van der Waals surface area (Å²) in [5.74, 6) is 1.08. The molecule has 1 aliphatic heterocycles. The van der Waals surface area contributed by atoms with Crippen LogP contribution in [-0.2, 0) is 13.0 Å². The Bertz CT molecular complexity index is 650. The fraction of sp³-hybridized carbons (Fsp3) is 0.286. The number of ether oxygens (including phenoxy) is 1. The van der Waals surface area contributed by atoms with Crippen LogP contribution in [-0.4, -0.2) is 34.7 Å². The largest absolute Gasteiger partial charge is 0.496 e. The molecule has 1 aromatic heterocycles. The minimum absolute atomic E-state index is 0.0405. The molecular formula is C14H16N4O2. The quantitative estimate of drug-likeness (QED) is 0.860. The molecule has 0 saturated carbocycles. The number of benzene rings is 1. The van der Waals surface area contributed by atoms with Gasteiger partial charge in [0, 0.05) is 12.1 Å². The van der Waals surface area contributed by atoms with E-state index in [1.807, 2.05) is 12.1 Å². The fourth-order valence-corrected chi connectivity index (χ4v) is 2.51. The Morgan fingerprint density at radius 1 is 1.45 bits per heavy atom. The van der Waals surface area contributed by atoms with E-state index < -0.39 is 0 Å². The summed E-state index contributed by atoms with van der Waals surface area (Å²) in [4.78, 5) is 14.4. The predicted octanol–water partition coefficient (Wildman–Crippen LogP) is 1.20. The maximum Gasteiger partial charge on any atom is 0.257 e. The van der Waals surface area contributed by atoms with E-state index >= 15 is 0 Å². The number of methoxy groups -OCH3 is 1. The molecule has 0 aliphatic carbocycles. The third-order valence-corrected chi connectivity index (χ3v) is 3.59. The van der Waals surface area contributed by atoms with E-state index in [4.69, 9.17) is 10.5 Å². The van der Waals surface area contributed by atoms with Crippen LogP contribution in [0.25, 0.3) is 0 Å². The first kappa shape index (κ1) is 12.5. The monoisotopic (exact) mass is 272 g/mol. The van der Waals surface area contributed by atoms with Gasteiger partial charge >= 0.3 is 0 Å². The molecule has 104 valence electrons. The molecule has 0 unspecified atom stereocenters. The molecule has 0 atom stereocenters. The number of nitrogen functional groups attached to an aromatic ring is 1. The maximum atomic E-state index is 12.6. The highest BCUT2D eigenvalue weighted by Gasteiger charge is 2.26. The Balaban J connectivity index is 1.86. The standard InChI is InChI=1S/C14H16N4O2/c1-20-12-5-3-2-4-10(12)14(19)18-7-6-9-11(8-18)16-17-13(9)15/h2-5H,6-8H2,1H3,(H3,15,16,17). The van der Waals surface area contributed by atoms with Gasteiger partial charge < -0.3 is 15.4 Å². The van der Waals surface area contributed by atoms with Crippen LogP contribution in [0.1, 0.15) is 21.6 Å². The first-order chi connectivity index (χ1) is 9.70. The van der Waals surface area contributed by atoms with Crippen molar-refractivity contribution in [2.75, 3.05) is 19.4 Å². The maximum absolute atomic E-state index is 12.6. The van der Waals surface area contributed by atoms with E-state index in [2.05, 4.69) is 10.2 Å². The second-order valence-corrected chi connectivity index (χ2v) is 4.74. The van der Waals surface area contributed by atoms with Gasteiger partial charge in [-0.3, -0.25) is 9.89 Å². The third kappa shape index (κ3) is 1.99. The van der Waals surface area contributed by atoms with Crippen molar-refractivity contribution in [2.45, 2.75) is 13.0 Å². The number of para-hydroxylation sites is 1. The highest BCUT2D eigenvalue weighted by Crippen LogP contribution is 2.25. The summed E-state index contributed by atoms with van der Waals surface area (Å²) < 4.78 is 5.24. The minimum Gasteiger partial charge on any atom is -0.496 e. The smallest absolute Gasteiger partial charge is 0.257 e. The SMILES string of the molecule is COc1ccccc1C(=O)N1CCc2c(N)n[nH]c2C1. The number of rotatable bonds is 2. The van der Waals surface area contributed by atoms with Gasteiger partial charge in [-0.15, -0.1) is 0 Å². The van der Waals surface area contributed by atoms with Gasteiger partial charge in [-0.25, -0.2) is 0 Å². The summed E-state index contributed by atoms with van der Waals surface area (Å²) in [5.41, 5.74) is 8.28. The summed E-state index contributed by atoms with van der Waals surface area (Å²) in [7, 11) is 1.57. The molecule has 0 saturated heterocycles. The summed E-state index contributed by atoms with van der Waals surface area (Å²) in [5, 5.41) is 6.88. The van der Waals surface area contributed by atoms with Crippen LogP contribution in [0.5, 0.6) is 5.75 Å². The average Bonchev–Trinajstić information content (AvgIpc) is 2.87. The molecular weight excluding hydrogens is 256 g/mol. The second-order valence-electron chi connectivity index (χ2n) is 4.74. The number of fused-ring (bicyclic) bond motifs is 1. The highest BCUT2D eigenvalue weighted by molar-refractivity contribution is 5.97. The van der Waals surface area contributed by atoms with Gasteiger partial charge in [0.15, 0.2) is 0 Å². The second kappa shape index (κ2) is 4.88. The Kier molecular flexibility index (Phi) is 3.06. The summed E-state index contributed by atoms with van der Waals surface area (Å²) in [6.07, 6.45) is 0.721. The molecule has 0 radical (unpaired) electrons. The first-order valence-corrected chi connectivity index (χ1v) is 6.44. The number of hydrogen-bond donors (Lipinski definition) is 2. The molecule has 3 rings (SSSR count). The van der Waals surface area contributed by atoms with Crippen molar-refractivity contribution >= 4 is 11.7 Å². The van der Waals surface area contributed by atoms with E-state index in [0.29, 0.717) is 30.2 Å². The molecule has 3 N–H and O–H groups in total. The van der Waals surface area contributed by atoms with Crippen LogP contribution in [0, 0.1) is 0 Å². The summed E-state index contributed by atoms with van der Waals surface area (Å²) in [6.45, 7) is 1.13. The van der Waals surface area contributed by atoms with E-state index in [9.17, 15) is 4.79 Å². The first-order valence-electron chi connectivity index (χ1n) is 6.44. The van der Waals surface area contributed by atoms with E-state index in [1.165, 1.54) is 0 Å². The molecule has 1 amide bonds. The minimum atomic E-state index is -0.0405. The van der Waals surface area contributed by atoms with Crippen molar-refractivity contribution in [1.29, 1.82) is 0 Å². The van der Waals surface area contributed by atoms with Gasteiger partial charge in [0.2, 0.25) is 0 Å². The summed E-state index contributed by atoms with van der Waals surface area (Å²) >= 11 is 0. The van der Waals surface area contributed by atoms with Gasteiger partial charge in [0.25, 0.3) is 5.91 Å². The molecule has 1 aliphatic rings. The zero-order chi connectivity index (χ0) is 14.1. The number of aromatic amines is 1. The fourth-order valence-electron chi connectivity index (χ4n) is 2.51.